The smallest absolute Gasteiger partial charge is 0.315 e. The van der Waals surface area contributed by atoms with Crippen molar-refractivity contribution in [2.45, 2.75) is 56.9 Å². The minimum atomic E-state index is -1.10. The number of ether oxygens (including phenoxy) is 2. The molecule has 3 aromatic rings. The summed E-state index contributed by atoms with van der Waals surface area (Å²) in [5.41, 5.74) is 1.06. The molecule has 2 aliphatic rings. The number of aliphatic carboxylic acids is 1. The Morgan fingerprint density at radius 3 is 2.65 bits per heavy atom. The predicted octanol–water partition coefficient (Wildman–Crippen LogP) is 4.80. The fraction of sp³-hybridized carbons (Fsp3) is 0.440. The maximum atomic E-state index is 11.6. The molecular formula is C25H29N5O4. The van der Waals surface area contributed by atoms with Crippen LogP contribution in [0.25, 0.3) is 0 Å². The van der Waals surface area contributed by atoms with Crippen LogP contribution in [0.2, 0.25) is 0 Å². The molecular weight excluding hydrogens is 434 g/mol. The zero-order chi connectivity index (χ0) is 23.7. The number of hydrogen-bond acceptors (Lipinski definition) is 7. The molecule has 0 amide bonds. The van der Waals surface area contributed by atoms with Crippen LogP contribution in [0, 0.1) is 0 Å². The number of hydrogen-bond donors (Lipinski definition) is 2. The third-order valence-corrected chi connectivity index (χ3v) is 6.42. The lowest BCUT2D eigenvalue weighted by molar-refractivity contribution is -0.142. The Balaban J connectivity index is 1.36. The molecule has 2 fully saturated rings. The number of pyridine rings is 2. The van der Waals surface area contributed by atoms with Gasteiger partial charge in [0.2, 0.25) is 0 Å². The van der Waals surface area contributed by atoms with Gasteiger partial charge in [-0.15, -0.1) is 0 Å². The summed E-state index contributed by atoms with van der Waals surface area (Å²) in [6, 6.07) is 7.62. The summed E-state index contributed by atoms with van der Waals surface area (Å²) >= 11 is 0. The van der Waals surface area contributed by atoms with Gasteiger partial charge in [0.05, 0.1) is 17.9 Å². The maximum Gasteiger partial charge on any atom is 0.315 e. The fourth-order valence-electron chi connectivity index (χ4n) is 4.02. The predicted molar refractivity (Wildman–Crippen MR) is 126 cm³/mol. The van der Waals surface area contributed by atoms with E-state index < -0.39 is 11.4 Å². The van der Waals surface area contributed by atoms with E-state index in [1.807, 2.05) is 23.0 Å². The van der Waals surface area contributed by atoms with Gasteiger partial charge in [0, 0.05) is 43.3 Å². The van der Waals surface area contributed by atoms with E-state index >= 15 is 0 Å². The molecule has 9 nitrogen and oxygen atoms in total. The molecule has 0 radical (unpaired) electrons. The van der Waals surface area contributed by atoms with Crippen LogP contribution in [-0.2, 0) is 14.9 Å². The first-order valence-electron chi connectivity index (χ1n) is 11.7. The van der Waals surface area contributed by atoms with Gasteiger partial charge in [0.15, 0.2) is 5.75 Å². The van der Waals surface area contributed by atoms with E-state index in [1.165, 1.54) is 0 Å². The van der Waals surface area contributed by atoms with Gasteiger partial charge in [-0.2, -0.15) is 5.10 Å². The highest BCUT2D eigenvalue weighted by molar-refractivity contribution is 5.80. The zero-order valence-corrected chi connectivity index (χ0v) is 19.4. The Morgan fingerprint density at radius 2 is 1.91 bits per heavy atom. The molecule has 4 heterocycles. The van der Waals surface area contributed by atoms with Crippen LogP contribution in [0.3, 0.4) is 0 Å². The standard InChI is InChI=1S/C25H29N5O4/c1-25(2,24(31)32)21-13-17(5-9-26-21)28-22-14-19(6-10-27-22)34-20-15-30(18-3-4-18)29-23(20)16-7-11-33-12-8-16/h5-6,9-10,13-16,18H,3-4,7-8,11-12H2,1-2H3,(H,31,32)(H,26,27,28). The van der Waals surface area contributed by atoms with Crippen molar-refractivity contribution in [2.75, 3.05) is 18.5 Å². The summed E-state index contributed by atoms with van der Waals surface area (Å²) in [4.78, 5) is 20.2. The normalized spacial score (nSPS) is 16.9. The summed E-state index contributed by atoms with van der Waals surface area (Å²) < 4.78 is 13.9. The topological polar surface area (TPSA) is 111 Å². The molecule has 1 saturated carbocycles. The number of nitrogens with zero attached hydrogens (tertiary/aromatic N) is 4. The molecule has 0 aromatic carbocycles. The lowest BCUT2D eigenvalue weighted by Crippen LogP contribution is -2.29. The van der Waals surface area contributed by atoms with Crippen LogP contribution in [0.1, 0.15) is 62.9 Å². The van der Waals surface area contributed by atoms with Gasteiger partial charge in [-0.25, -0.2) is 4.98 Å². The summed E-state index contributed by atoms with van der Waals surface area (Å²) in [5.74, 6) is 1.42. The van der Waals surface area contributed by atoms with Crippen LogP contribution < -0.4 is 10.1 Å². The minimum absolute atomic E-state index is 0.330. The molecule has 1 aliphatic carbocycles. The van der Waals surface area contributed by atoms with E-state index in [2.05, 4.69) is 15.3 Å². The molecule has 34 heavy (non-hydrogen) atoms. The van der Waals surface area contributed by atoms with Crippen molar-refractivity contribution in [3.63, 3.8) is 0 Å². The van der Waals surface area contributed by atoms with E-state index in [9.17, 15) is 9.90 Å². The van der Waals surface area contributed by atoms with Gasteiger partial charge in [-0.3, -0.25) is 14.5 Å². The average Bonchev–Trinajstić information content (AvgIpc) is 3.60. The Labute approximate surface area is 198 Å². The van der Waals surface area contributed by atoms with Gasteiger partial charge in [-0.05, 0) is 57.7 Å². The average molecular weight is 464 g/mol. The van der Waals surface area contributed by atoms with Crippen molar-refractivity contribution in [3.8, 4) is 11.5 Å². The Bertz CT molecular complexity index is 1180. The first kappa shape index (κ1) is 22.3. The molecule has 2 N–H and O–H groups in total. The van der Waals surface area contributed by atoms with Crippen molar-refractivity contribution < 1.29 is 19.4 Å². The third kappa shape index (κ3) is 4.75. The van der Waals surface area contributed by atoms with Crippen LogP contribution >= 0.6 is 0 Å². The summed E-state index contributed by atoms with van der Waals surface area (Å²) in [7, 11) is 0. The highest BCUT2D eigenvalue weighted by Gasteiger charge is 2.31. The molecule has 9 heteroatoms. The highest BCUT2D eigenvalue weighted by Crippen LogP contribution is 2.40. The molecule has 1 aliphatic heterocycles. The van der Waals surface area contributed by atoms with Crippen molar-refractivity contribution in [1.82, 2.24) is 19.7 Å². The van der Waals surface area contributed by atoms with E-state index in [-0.39, 0.29) is 0 Å². The van der Waals surface area contributed by atoms with Crippen LogP contribution in [0.4, 0.5) is 11.5 Å². The number of carboxylic acid groups (broad SMARTS) is 1. The molecule has 1 saturated heterocycles. The summed E-state index contributed by atoms with van der Waals surface area (Å²) in [6.45, 7) is 4.75. The summed E-state index contributed by atoms with van der Waals surface area (Å²) in [6.07, 6.45) is 9.49. The number of nitrogens with one attached hydrogen (secondary N) is 1. The quantitative estimate of drug-likeness (QED) is 0.490. The Hall–Kier alpha value is -3.46. The molecule has 5 rings (SSSR count). The van der Waals surface area contributed by atoms with Gasteiger partial charge in [-0.1, -0.05) is 0 Å². The van der Waals surface area contributed by atoms with Crippen molar-refractivity contribution in [3.05, 3.63) is 54.2 Å². The highest BCUT2D eigenvalue weighted by atomic mass is 16.5. The first-order valence-corrected chi connectivity index (χ1v) is 11.7. The van der Waals surface area contributed by atoms with Crippen molar-refractivity contribution in [1.29, 1.82) is 0 Å². The van der Waals surface area contributed by atoms with Crippen molar-refractivity contribution in [2.24, 2.45) is 0 Å². The van der Waals surface area contributed by atoms with Crippen LogP contribution in [0.5, 0.6) is 11.5 Å². The zero-order valence-electron chi connectivity index (χ0n) is 19.4. The number of rotatable bonds is 8. The number of carboxylic acids is 1. The lowest BCUT2D eigenvalue weighted by atomic mass is 9.89. The minimum Gasteiger partial charge on any atom is -0.481 e. The molecule has 3 aromatic heterocycles. The van der Waals surface area contributed by atoms with E-state index in [4.69, 9.17) is 14.6 Å². The van der Waals surface area contributed by atoms with Crippen molar-refractivity contribution >= 4 is 17.5 Å². The van der Waals surface area contributed by atoms with Gasteiger partial charge < -0.3 is 19.9 Å². The van der Waals surface area contributed by atoms with E-state index in [1.54, 1.807) is 38.4 Å². The molecule has 0 unspecified atom stereocenters. The Kier molecular flexibility index (Phi) is 5.95. The second kappa shape index (κ2) is 9.06. The lowest BCUT2D eigenvalue weighted by Gasteiger charge is -2.21. The number of anilines is 2. The number of carbonyl (C=O) groups is 1. The fourth-order valence-corrected chi connectivity index (χ4v) is 4.02. The van der Waals surface area contributed by atoms with Crippen LogP contribution in [-0.4, -0.2) is 44.0 Å². The SMILES string of the molecule is CC(C)(C(=O)O)c1cc(Nc2cc(Oc3cn(C4CC4)nc3C3CCOCC3)ccn2)ccn1. The number of aromatic nitrogens is 4. The largest absolute Gasteiger partial charge is 0.481 e. The Morgan fingerprint density at radius 1 is 1.15 bits per heavy atom. The third-order valence-electron chi connectivity index (χ3n) is 6.42. The van der Waals surface area contributed by atoms with Crippen LogP contribution in [0.15, 0.2) is 42.9 Å². The second-order valence-electron chi connectivity index (χ2n) is 9.44. The summed E-state index contributed by atoms with van der Waals surface area (Å²) in [5, 5.41) is 17.6. The van der Waals surface area contributed by atoms with Gasteiger partial charge in [0.1, 0.15) is 22.7 Å². The van der Waals surface area contributed by atoms with Gasteiger partial charge >= 0.3 is 5.97 Å². The molecule has 178 valence electrons. The van der Waals surface area contributed by atoms with E-state index in [0.717, 1.165) is 50.3 Å². The molecule has 0 atom stereocenters. The van der Waals surface area contributed by atoms with Gasteiger partial charge in [0.25, 0.3) is 0 Å². The first-order chi connectivity index (χ1) is 16.4. The molecule has 0 bridgehead atoms. The second-order valence-corrected chi connectivity index (χ2v) is 9.44. The molecule has 0 spiro atoms. The monoisotopic (exact) mass is 463 g/mol. The van der Waals surface area contributed by atoms with E-state index in [0.29, 0.717) is 34.9 Å². The maximum absolute atomic E-state index is 11.6.